The maximum Gasteiger partial charge on any atom is 0.342 e. The number of esters is 1. The summed E-state index contributed by atoms with van der Waals surface area (Å²) in [6.45, 7) is 0.763. The maximum absolute atomic E-state index is 12.1. The van der Waals surface area contributed by atoms with Gasteiger partial charge in [0.05, 0.1) is 19.9 Å². The Hall–Kier alpha value is -3.75. The number of phenols is 1. The van der Waals surface area contributed by atoms with E-state index >= 15 is 0 Å². The maximum atomic E-state index is 12.1. The first-order chi connectivity index (χ1) is 13.3. The zero-order chi connectivity index (χ0) is 20.7. The van der Waals surface area contributed by atoms with Crippen molar-refractivity contribution in [1.29, 1.82) is 0 Å². The third-order valence-corrected chi connectivity index (χ3v) is 3.57. The lowest BCUT2D eigenvalue weighted by Gasteiger charge is -2.13. The number of hydrogen-bond donors (Lipinski definition) is 3. The number of ether oxygens (including phenoxy) is 3. The van der Waals surface area contributed by atoms with Crippen LogP contribution in [-0.2, 0) is 14.3 Å². The second-order valence-electron chi connectivity index (χ2n) is 5.58. The van der Waals surface area contributed by atoms with E-state index in [1.807, 2.05) is 0 Å². The Bertz CT molecular complexity index is 896. The van der Waals surface area contributed by atoms with E-state index in [1.54, 1.807) is 12.1 Å². The van der Waals surface area contributed by atoms with Crippen LogP contribution >= 0.6 is 0 Å². The van der Waals surface area contributed by atoms with Crippen molar-refractivity contribution in [2.75, 3.05) is 31.5 Å². The first-order valence-electron chi connectivity index (χ1n) is 8.14. The van der Waals surface area contributed by atoms with E-state index in [9.17, 15) is 19.5 Å². The Labute approximate surface area is 161 Å². The molecule has 0 aliphatic heterocycles. The normalized spacial score (nSPS) is 9.96. The molecule has 2 aromatic rings. The molecule has 0 bridgehead atoms. The molecule has 0 aliphatic rings. The van der Waals surface area contributed by atoms with Gasteiger partial charge in [-0.15, -0.1) is 0 Å². The van der Waals surface area contributed by atoms with Gasteiger partial charge in [0.2, 0.25) is 5.91 Å². The summed E-state index contributed by atoms with van der Waals surface area (Å²) in [5.41, 5.74) is 0.623. The summed E-state index contributed by atoms with van der Waals surface area (Å²) in [7, 11) is 2.77. The summed E-state index contributed by atoms with van der Waals surface area (Å²) >= 11 is 0. The fourth-order valence-corrected chi connectivity index (χ4v) is 2.33. The molecule has 0 aromatic heterocycles. The van der Waals surface area contributed by atoms with Gasteiger partial charge in [-0.1, -0.05) is 6.07 Å². The number of anilines is 2. The van der Waals surface area contributed by atoms with E-state index in [-0.39, 0.29) is 23.0 Å². The van der Waals surface area contributed by atoms with E-state index in [0.717, 1.165) is 0 Å². The number of amides is 2. The fourth-order valence-electron chi connectivity index (χ4n) is 2.33. The van der Waals surface area contributed by atoms with Crippen molar-refractivity contribution in [2.45, 2.75) is 6.92 Å². The molecule has 9 nitrogen and oxygen atoms in total. The highest BCUT2D eigenvalue weighted by Gasteiger charge is 2.18. The molecule has 0 unspecified atom stereocenters. The lowest BCUT2D eigenvalue weighted by molar-refractivity contribution is -0.119. The van der Waals surface area contributed by atoms with Gasteiger partial charge in [-0.05, 0) is 30.3 Å². The summed E-state index contributed by atoms with van der Waals surface area (Å²) in [6.07, 6.45) is 0. The van der Waals surface area contributed by atoms with Crippen molar-refractivity contribution in [3.8, 4) is 17.2 Å². The molecule has 148 valence electrons. The highest BCUT2D eigenvalue weighted by molar-refractivity contribution is 5.98. The molecule has 0 saturated heterocycles. The summed E-state index contributed by atoms with van der Waals surface area (Å²) in [5.74, 6) is -1.69. The molecular weight excluding hydrogens is 368 g/mol. The second-order valence-corrected chi connectivity index (χ2v) is 5.58. The van der Waals surface area contributed by atoms with Gasteiger partial charge in [-0.25, -0.2) is 4.79 Å². The van der Waals surface area contributed by atoms with Gasteiger partial charge in [-0.2, -0.15) is 0 Å². The number of para-hydroxylation sites is 1. The number of carbonyl (C=O) groups is 3. The third kappa shape index (κ3) is 5.13. The summed E-state index contributed by atoms with van der Waals surface area (Å²) in [5, 5.41) is 15.1. The molecule has 9 heteroatoms. The van der Waals surface area contributed by atoms with Crippen molar-refractivity contribution in [2.24, 2.45) is 0 Å². The molecule has 0 atom stereocenters. The number of aromatic hydroxyl groups is 1. The SMILES string of the molecule is COc1ccc(NC(C)=O)cc1NC(=O)COC(=O)c1cccc(OC)c1O. The van der Waals surface area contributed by atoms with Crippen LogP contribution in [-0.4, -0.2) is 43.7 Å². The van der Waals surface area contributed by atoms with E-state index in [4.69, 9.17) is 14.2 Å². The van der Waals surface area contributed by atoms with Crippen molar-refractivity contribution < 1.29 is 33.7 Å². The zero-order valence-corrected chi connectivity index (χ0v) is 15.6. The average molecular weight is 388 g/mol. The predicted molar refractivity (Wildman–Crippen MR) is 101 cm³/mol. The van der Waals surface area contributed by atoms with Crippen molar-refractivity contribution >= 4 is 29.2 Å². The van der Waals surface area contributed by atoms with Crippen LogP contribution in [0.25, 0.3) is 0 Å². The molecular formula is C19H20N2O7. The highest BCUT2D eigenvalue weighted by Crippen LogP contribution is 2.30. The highest BCUT2D eigenvalue weighted by atomic mass is 16.5. The van der Waals surface area contributed by atoms with Crippen LogP contribution in [0, 0.1) is 0 Å². The minimum Gasteiger partial charge on any atom is -0.504 e. The molecule has 2 rings (SSSR count). The van der Waals surface area contributed by atoms with Gasteiger partial charge in [0, 0.05) is 12.6 Å². The van der Waals surface area contributed by atoms with Gasteiger partial charge >= 0.3 is 5.97 Å². The Balaban J connectivity index is 2.04. The number of phenolic OH excluding ortho intramolecular Hbond substituents is 1. The van der Waals surface area contributed by atoms with Crippen LogP contribution in [0.15, 0.2) is 36.4 Å². The van der Waals surface area contributed by atoms with Crippen LogP contribution in [0.1, 0.15) is 17.3 Å². The molecule has 0 heterocycles. The van der Waals surface area contributed by atoms with Gasteiger partial charge in [0.25, 0.3) is 5.91 Å². The molecule has 0 spiro atoms. The fraction of sp³-hybridized carbons (Fsp3) is 0.211. The predicted octanol–water partition coefficient (Wildman–Crippen LogP) is 2.16. The van der Waals surface area contributed by atoms with Crippen LogP contribution in [0.5, 0.6) is 17.2 Å². The Morgan fingerprint density at radius 2 is 1.71 bits per heavy atom. The molecule has 0 radical (unpaired) electrons. The quantitative estimate of drug-likeness (QED) is 0.621. The smallest absolute Gasteiger partial charge is 0.342 e. The Kier molecular flexibility index (Phi) is 6.80. The van der Waals surface area contributed by atoms with Crippen molar-refractivity contribution in [1.82, 2.24) is 0 Å². The number of hydrogen-bond acceptors (Lipinski definition) is 7. The van der Waals surface area contributed by atoms with E-state index in [0.29, 0.717) is 17.1 Å². The van der Waals surface area contributed by atoms with Gasteiger partial charge in [0.15, 0.2) is 18.1 Å². The van der Waals surface area contributed by atoms with Crippen LogP contribution < -0.4 is 20.1 Å². The number of benzene rings is 2. The Morgan fingerprint density at radius 1 is 1.00 bits per heavy atom. The summed E-state index contributed by atoms with van der Waals surface area (Å²) < 4.78 is 15.0. The van der Waals surface area contributed by atoms with E-state index in [1.165, 1.54) is 45.4 Å². The molecule has 2 aromatic carbocycles. The summed E-state index contributed by atoms with van der Waals surface area (Å²) in [6, 6.07) is 9.02. The van der Waals surface area contributed by atoms with Crippen LogP contribution in [0.4, 0.5) is 11.4 Å². The largest absolute Gasteiger partial charge is 0.504 e. The molecule has 0 saturated carbocycles. The standard InChI is InChI=1S/C19H20N2O7/c1-11(22)20-12-7-8-15(26-2)14(9-12)21-17(23)10-28-19(25)13-5-4-6-16(27-3)18(13)24/h4-9,24H,10H2,1-3H3,(H,20,22)(H,21,23). The topological polar surface area (TPSA) is 123 Å². The van der Waals surface area contributed by atoms with Gasteiger partial charge < -0.3 is 30.0 Å². The molecule has 3 N–H and O–H groups in total. The van der Waals surface area contributed by atoms with Crippen LogP contribution in [0.2, 0.25) is 0 Å². The lowest BCUT2D eigenvalue weighted by Crippen LogP contribution is -2.21. The Morgan fingerprint density at radius 3 is 2.36 bits per heavy atom. The number of nitrogens with one attached hydrogen (secondary N) is 2. The zero-order valence-electron chi connectivity index (χ0n) is 15.6. The number of carbonyl (C=O) groups excluding carboxylic acids is 3. The van der Waals surface area contributed by atoms with Gasteiger partial charge in [0.1, 0.15) is 11.3 Å². The first-order valence-corrected chi connectivity index (χ1v) is 8.14. The number of rotatable bonds is 7. The van der Waals surface area contributed by atoms with Gasteiger partial charge in [-0.3, -0.25) is 9.59 Å². The number of methoxy groups -OCH3 is 2. The second kappa shape index (κ2) is 9.26. The minimum atomic E-state index is -0.884. The van der Waals surface area contributed by atoms with E-state index < -0.39 is 18.5 Å². The van der Waals surface area contributed by atoms with Crippen LogP contribution in [0.3, 0.4) is 0 Å². The molecule has 2 amide bonds. The van der Waals surface area contributed by atoms with Crippen molar-refractivity contribution in [3.05, 3.63) is 42.0 Å². The average Bonchev–Trinajstić information content (AvgIpc) is 2.66. The minimum absolute atomic E-state index is 0.110. The van der Waals surface area contributed by atoms with E-state index in [2.05, 4.69) is 10.6 Å². The first kappa shape index (κ1) is 20.6. The molecule has 0 aliphatic carbocycles. The summed E-state index contributed by atoms with van der Waals surface area (Å²) in [4.78, 5) is 35.4. The molecule has 28 heavy (non-hydrogen) atoms. The van der Waals surface area contributed by atoms with Crippen molar-refractivity contribution in [3.63, 3.8) is 0 Å². The molecule has 0 fully saturated rings. The lowest BCUT2D eigenvalue weighted by atomic mass is 10.2. The monoisotopic (exact) mass is 388 g/mol. The third-order valence-electron chi connectivity index (χ3n) is 3.57.